The Morgan fingerprint density at radius 1 is 1.26 bits per heavy atom. The van der Waals surface area contributed by atoms with E-state index < -0.39 is 0 Å². The van der Waals surface area contributed by atoms with E-state index in [1.165, 1.54) is 32.6 Å². The molecule has 6 nitrogen and oxygen atoms in total. The van der Waals surface area contributed by atoms with Gasteiger partial charge in [-0.25, -0.2) is 4.98 Å². The Morgan fingerprint density at radius 3 is 2.78 bits per heavy atom. The number of nitrogens with one attached hydrogen (secondary N) is 1. The largest absolute Gasteiger partial charge is 0.396 e. The number of piperidine rings is 1. The summed E-state index contributed by atoms with van der Waals surface area (Å²) in [7, 11) is 2.21. The van der Waals surface area contributed by atoms with Crippen LogP contribution in [0.15, 0.2) is 12.4 Å². The number of likely N-dealkylation sites (tertiary alicyclic amines) is 1. The normalized spacial score (nSPS) is 28.3. The number of H-pyrrole nitrogens is 1. The lowest BCUT2D eigenvalue weighted by Crippen LogP contribution is -2.56. The van der Waals surface area contributed by atoms with Crippen molar-refractivity contribution in [1.29, 1.82) is 0 Å². The van der Waals surface area contributed by atoms with E-state index in [0.29, 0.717) is 18.6 Å². The SMILES string of the molecule is CN1CCN([C@@H]2CCN(Cc3ncc[nH]3)C[C@@H]2CCCO)CC1. The first-order chi connectivity index (χ1) is 11.3. The Balaban J connectivity index is 1.59. The minimum atomic E-state index is 0.310. The molecule has 2 N–H and O–H groups in total. The number of hydrogen-bond acceptors (Lipinski definition) is 5. The molecule has 0 saturated carbocycles. The monoisotopic (exact) mass is 321 g/mol. The number of piperazine rings is 1. The van der Waals surface area contributed by atoms with Crippen LogP contribution in [-0.4, -0.2) is 88.7 Å². The summed E-state index contributed by atoms with van der Waals surface area (Å²) in [6.07, 6.45) is 7.01. The van der Waals surface area contributed by atoms with Crippen LogP contribution in [0.4, 0.5) is 0 Å². The van der Waals surface area contributed by atoms with Crippen LogP contribution in [-0.2, 0) is 6.54 Å². The third-order valence-electron chi connectivity index (χ3n) is 5.45. The zero-order valence-electron chi connectivity index (χ0n) is 14.3. The molecule has 2 fully saturated rings. The summed E-state index contributed by atoms with van der Waals surface area (Å²) >= 11 is 0. The predicted molar refractivity (Wildman–Crippen MR) is 91.1 cm³/mol. The van der Waals surface area contributed by atoms with E-state index in [0.717, 1.165) is 38.3 Å². The smallest absolute Gasteiger partial charge is 0.120 e. The van der Waals surface area contributed by atoms with Crippen molar-refractivity contribution in [2.75, 3.05) is 52.9 Å². The molecule has 2 saturated heterocycles. The first kappa shape index (κ1) is 16.9. The first-order valence-corrected chi connectivity index (χ1v) is 9.00. The summed E-state index contributed by atoms with van der Waals surface area (Å²) in [6, 6.07) is 0.683. The molecule has 0 amide bonds. The molecule has 23 heavy (non-hydrogen) atoms. The highest BCUT2D eigenvalue weighted by Gasteiger charge is 2.34. The van der Waals surface area contributed by atoms with Crippen molar-refractivity contribution >= 4 is 0 Å². The summed E-state index contributed by atoms with van der Waals surface area (Å²) in [4.78, 5) is 15.2. The first-order valence-electron chi connectivity index (χ1n) is 9.00. The zero-order chi connectivity index (χ0) is 16.1. The van der Waals surface area contributed by atoms with Crippen LogP contribution in [0.3, 0.4) is 0 Å². The Kier molecular flexibility index (Phi) is 6.05. The van der Waals surface area contributed by atoms with Crippen molar-refractivity contribution in [2.45, 2.75) is 31.8 Å². The van der Waals surface area contributed by atoms with Gasteiger partial charge < -0.3 is 15.0 Å². The summed E-state index contributed by atoms with van der Waals surface area (Å²) in [6.45, 7) is 8.23. The van der Waals surface area contributed by atoms with Crippen molar-refractivity contribution in [3.63, 3.8) is 0 Å². The number of imidazole rings is 1. The molecule has 1 aromatic heterocycles. The molecule has 0 bridgehead atoms. The molecular weight excluding hydrogens is 290 g/mol. The van der Waals surface area contributed by atoms with Gasteiger partial charge in [0.1, 0.15) is 5.82 Å². The number of aliphatic hydroxyl groups excluding tert-OH is 1. The van der Waals surface area contributed by atoms with Crippen LogP contribution < -0.4 is 0 Å². The second-order valence-electron chi connectivity index (χ2n) is 7.09. The Hall–Kier alpha value is -0.950. The van der Waals surface area contributed by atoms with E-state index in [-0.39, 0.29) is 0 Å². The molecule has 0 spiro atoms. The summed E-state index contributed by atoms with van der Waals surface area (Å²) < 4.78 is 0. The van der Waals surface area contributed by atoms with Gasteiger partial charge >= 0.3 is 0 Å². The highest BCUT2D eigenvalue weighted by atomic mass is 16.2. The van der Waals surface area contributed by atoms with Crippen molar-refractivity contribution in [2.24, 2.45) is 5.92 Å². The Labute approximate surface area is 139 Å². The minimum absolute atomic E-state index is 0.310. The standard InChI is InChI=1S/C17H31N5O/c1-20-8-10-22(11-9-20)16-4-7-21(13-15(16)3-2-12-23)14-17-18-5-6-19-17/h5-6,15-16,23H,2-4,7-14H2,1H3,(H,18,19)/t15-,16+/m0/s1. The van der Waals surface area contributed by atoms with Crippen LogP contribution in [0.5, 0.6) is 0 Å². The number of aromatic amines is 1. The third kappa shape index (κ3) is 4.53. The quantitative estimate of drug-likeness (QED) is 0.804. The fourth-order valence-corrected chi connectivity index (χ4v) is 4.11. The Bertz CT molecular complexity index is 444. The Morgan fingerprint density at radius 2 is 2.09 bits per heavy atom. The maximum atomic E-state index is 9.25. The van der Waals surface area contributed by atoms with Crippen molar-refractivity contribution in [1.82, 2.24) is 24.7 Å². The van der Waals surface area contributed by atoms with Crippen LogP contribution in [0.2, 0.25) is 0 Å². The van der Waals surface area contributed by atoms with Gasteiger partial charge in [0.2, 0.25) is 0 Å². The van der Waals surface area contributed by atoms with E-state index in [4.69, 9.17) is 0 Å². The average molecular weight is 321 g/mol. The summed E-state index contributed by atoms with van der Waals surface area (Å²) in [5, 5.41) is 9.25. The van der Waals surface area contributed by atoms with E-state index >= 15 is 0 Å². The van der Waals surface area contributed by atoms with Gasteiger partial charge in [-0.05, 0) is 32.2 Å². The summed E-state index contributed by atoms with van der Waals surface area (Å²) in [5.41, 5.74) is 0. The van der Waals surface area contributed by atoms with Gasteiger partial charge in [0.05, 0.1) is 6.54 Å². The van der Waals surface area contributed by atoms with Crippen LogP contribution in [0, 0.1) is 5.92 Å². The molecule has 2 atom stereocenters. The van der Waals surface area contributed by atoms with Gasteiger partial charge in [-0.2, -0.15) is 0 Å². The molecule has 1 aromatic rings. The second-order valence-corrected chi connectivity index (χ2v) is 7.09. The molecule has 3 heterocycles. The molecule has 3 rings (SSSR count). The predicted octanol–water partition coefficient (Wildman–Crippen LogP) is 0.620. The summed E-state index contributed by atoms with van der Waals surface area (Å²) in [5.74, 6) is 1.72. The van der Waals surface area contributed by atoms with Crippen molar-refractivity contribution in [3.05, 3.63) is 18.2 Å². The van der Waals surface area contributed by atoms with Gasteiger partial charge in [0, 0.05) is 64.3 Å². The zero-order valence-corrected chi connectivity index (χ0v) is 14.3. The highest BCUT2D eigenvalue weighted by Crippen LogP contribution is 2.27. The van der Waals surface area contributed by atoms with Gasteiger partial charge in [0.25, 0.3) is 0 Å². The van der Waals surface area contributed by atoms with Crippen molar-refractivity contribution < 1.29 is 5.11 Å². The molecule has 6 heteroatoms. The lowest BCUT2D eigenvalue weighted by molar-refractivity contribution is 0.0205. The maximum Gasteiger partial charge on any atom is 0.120 e. The fraction of sp³-hybridized carbons (Fsp3) is 0.824. The number of aliphatic hydroxyl groups is 1. The molecule has 0 unspecified atom stereocenters. The number of hydrogen-bond donors (Lipinski definition) is 2. The molecule has 2 aliphatic rings. The van der Waals surface area contributed by atoms with Crippen LogP contribution >= 0.6 is 0 Å². The molecule has 130 valence electrons. The number of nitrogens with zero attached hydrogens (tertiary/aromatic N) is 4. The highest BCUT2D eigenvalue weighted by molar-refractivity contribution is 4.92. The number of aromatic nitrogens is 2. The third-order valence-corrected chi connectivity index (χ3v) is 5.45. The number of likely N-dealkylation sites (N-methyl/N-ethyl adjacent to an activating group) is 1. The number of rotatable bonds is 6. The molecule has 2 aliphatic heterocycles. The van der Waals surface area contributed by atoms with Crippen LogP contribution in [0.25, 0.3) is 0 Å². The van der Waals surface area contributed by atoms with Gasteiger partial charge in [0.15, 0.2) is 0 Å². The molecule has 0 radical (unpaired) electrons. The molecule has 0 aromatic carbocycles. The van der Waals surface area contributed by atoms with E-state index in [1.54, 1.807) is 0 Å². The topological polar surface area (TPSA) is 58.6 Å². The van der Waals surface area contributed by atoms with Gasteiger partial charge in [-0.1, -0.05) is 0 Å². The van der Waals surface area contributed by atoms with Crippen molar-refractivity contribution in [3.8, 4) is 0 Å². The van der Waals surface area contributed by atoms with E-state index in [1.807, 2.05) is 12.4 Å². The molecular formula is C17H31N5O. The lowest BCUT2D eigenvalue weighted by Gasteiger charge is -2.46. The molecule has 0 aliphatic carbocycles. The second kappa shape index (κ2) is 8.24. The lowest BCUT2D eigenvalue weighted by atomic mass is 9.86. The fourth-order valence-electron chi connectivity index (χ4n) is 4.11. The van der Waals surface area contributed by atoms with Crippen LogP contribution in [0.1, 0.15) is 25.1 Å². The maximum absolute atomic E-state index is 9.25. The van der Waals surface area contributed by atoms with Gasteiger partial charge in [-0.15, -0.1) is 0 Å². The van der Waals surface area contributed by atoms with E-state index in [2.05, 4.69) is 31.7 Å². The minimum Gasteiger partial charge on any atom is -0.396 e. The average Bonchev–Trinajstić information content (AvgIpc) is 3.07. The van der Waals surface area contributed by atoms with Gasteiger partial charge in [-0.3, -0.25) is 9.80 Å². The van der Waals surface area contributed by atoms with E-state index in [9.17, 15) is 5.11 Å².